The van der Waals surface area contributed by atoms with Gasteiger partial charge in [-0.15, -0.1) is 0 Å². The molecule has 0 radical (unpaired) electrons. The van der Waals surface area contributed by atoms with Crippen LogP contribution in [0.1, 0.15) is 33.1 Å². The van der Waals surface area contributed by atoms with Crippen LogP contribution >= 0.6 is 0 Å². The Morgan fingerprint density at radius 1 is 1.29 bits per heavy atom. The van der Waals surface area contributed by atoms with Crippen molar-refractivity contribution >= 4 is 0 Å². The summed E-state index contributed by atoms with van der Waals surface area (Å²) in [6, 6.07) is 1.66. The van der Waals surface area contributed by atoms with Crippen molar-refractivity contribution in [3.05, 3.63) is 0 Å². The molecule has 0 spiro atoms. The van der Waals surface area contributed by atoms with E-state index in [-0.39, 0.29) is 6.10 Å². The van der Waals surface area contributed by atoms with Gasteiger partial charge in [0.1, 0.15) is 0 Å². The minimum Gasteiger partial charge on any atom is -0.392 e. The van der Waals surface area contributed by atoms with Crippen LogP contribution in [0, 0.1) is 0 Å². The molecule has 2 N–H and O–H groups in total. The van der Waals surface area contributed by atoms with Crippen molar-refractivity contribution < 1.29 is 5.11 Å². The highest BCUT2D eigenvalue weighted by atomic mass is 16.3. The SMILES string of the molecule is CC(C)N1CC(N[C@@H]2CCC[C@H]2O)C1. The predicted molar refractivity (Wildman–Crippen MR) is 57.3 cm³/mol. The molecule has 1 aliphatic heterocycles. The standard InChI is InChI=1S/C11H22N2O/c1-8(2)13-6-9(7-13)12-10-4-3-5-11(10)14/h8-12,14H,3-7H2,1-2H3/t10-,11-/m1/s1. The Morgan fingerprint density at radius 2 is 2.00 bits per heavy atom. The van der Waals surface area contributed by atoms with Crippen LogP contribution in [-0.4, -0.2) is 47.3 Å². The maximum Gasteiger partial charge on any atom is 0.0693 e. The van der Waals surface area contributed by atoms with Crippen LogP contribution in [0.2, 0.25) is 0 Å². The Balaban J connectivity index is 1.68. The van der Waals surface area contributed by atoms with Crippen molar-refractivity contribution in [2.75, 3.05) is 13.1 Å². The molecule has 0 aromatic carbocycles. The summed E-state index contributed by atoms with van der Waals surface area (Å²) in [7, 11) is 0. The largest absolute Gasteiger partial charge is 0.392 e. The Bertz CT molecular complexity index is 190. The van der Waals surface area contributed by atoms with Crippen molar-refractivity contribution in [2.24, 2.45) is 0 Å². The molecule has 0 aromatic heterocycles. The zero-order chi connectivity index (χ0) is 10.1. The van der Waals surface area contributed by atoms with Crippen LogP contribution in [0.5, 0.6) is 0 Å². The number of nitrogens with one attached hydrogen (secondary N) is 1. The zero-order valence-corrected chi connectivity index (χ0v) is 9.24. The van der Waals surface area contributed by atoms with E-state index in [4.69, 9.17) is 0 Å². The third-order valence-corrected chi connectivity index (χ3v) is 3.57. The molecule has 0 aromatic rings. The molecule has 2 rings (SSSR count). The van der Waals surface area contributed by atoms with E-state index in [0.717, 1.165) is 25.9 Å². The Morgan fingerprint density at radius 3 is 2.50 bits per heavy atom. The van der Waals surface area contributed by atoms with Crippen LogP contribution in [0.25, 0.3) is 0 Å². The number of aliphatic hydroxyl groups is 1. The monoisotopic (exact) mass is 198 g/mol. The molecular formula is C11H22N2O. The maximum absolute atomic E-state index is 9.66. The third-order valence-electron chi connectivity index (χ3n) is 3.57. The number of aliphatic hydroxyl groups excluding tert-OH is 1. The van der Waals surface area contributed by atoms with E-state index in [1.807, 2.05) is 0 Å². The molecule has 1 saturated carbocycles. The molecule has 2 aliphatic rings. The van der Waals surface area contributed by atoms with E-state index in [1.54, 1.807) is 0 Å². The van der Waals surface area contributed by atoms with Crippen LogP contribution in [0.15, 0.2) is 0 Å². The lowest BCUT2D eigenvalue weighted by atomic mass is 10.0. The highest BCUT2D eigenvalue weighted by Crippen LogP contribution is 2.21. The van der Waals surface area contributed by atoms with E-state index < -0.39 is 0 Å². The first kappa shape index (κ1) is 10.4. The fourth-order valence-electron chi connectivity index (χ4n) is 2.48. The lowest BCUT2D eigenvalue weighted by Gasteiger charge is -2.44. The molecule has 1 saturated heterocycles. The van der Waals surface area contributed by atoms with Crippen molar-refractivity contribution in [3.8, 4) is 0 Å². The van der Waals surface area contributed by atoms with Gasteiger partial charge in [0.2, 0.25) is 0 Å². The van der Waals surface area contributed by atoms with Crippen molar-refractivity contribution in [3.63, 3.8) is 0 Å². The fraction of sp³-hybridized carbons (Fsp3) is 1.00. The van der Waals surface area contributed by atoms with Gasteiger partial charge in [-0.2, -0.15) is 0 Å². The predicted octanol–water partition coefficient (Wildman–Crippen LogP) is 0.582. The van der Waals surface area contributed by atoms with Gasteiger partial charge in [0.05, 0.1) is 6.10 Å². The first-order chi connectivity index (χ1) is 6.66. The van der Waals surface area contributed by atoms with Gasteiger partial charge >= 0.3 is 0 Å². The molecule has 82 valence electrons. The normalized spacial score (nSPS) is 35.1. The molecule has 3 nitrogen and oxygen atoms in total. The topological polar surface area (TPSA) is 35.5 Å². The molecule has 3 heteroatoms. The van der Waals surface area contributed by atoms with Crippen LogP contribution in [0.3, 0.4) is 0 Å². The average Bonchev–Trinajstić information content (AvgIpc) is 2.42. The first-order valence-corrected chi connectivity index (χ1v) is 5.85. The molecule has 1 heterocycles. The zero-order valence-electron chi connectivity index (χ0n) is 9.24. The first-order valence-electron chi connectivity index (χ1n) is 5.85. The van der Waals surface area contributed by atoms with Gasteiger partial charge in [-0.1, -0.05) is 0 Å². The van der Waals surface area contributed by atoms with Crippen LogP contribution < -0.4 is 5.32 Å². The summed E-state index contributed by atoms with van der Waals surface area (Å²) < 4.78 is 0. The Kier molecular flexibility index (Phi) is 3.10. The van der Waals surface area contributed by atoms with E-state index >= 15 is 0 Å². The van der Waals surface area contributed by atoms with Gasteiger partial charge in [-0.05, 0) is 33.1 Å². The average molecular weight is 198 g/mol. The molecule has 0 unspecified atom stereocenters. The summed E-state index contributed by atoms with van der Waals surface area (Å²) in [5.74, 6) is 0. The van der Waals surface area contributed by atoms with Gasteiger partial charge in [-0.3, -0.25) is 4.90 Å². The third kappa shape index (κ3) is 2.10. The number of likely N-dealkylation sites (tertiary alicyclic amines) is 1. The summed E-state index contributed by atoms with van der Waals surface area (Å²) in [6.07, 6.45) is 3.22. The lowest BCUT2D eigenvalue weighted by Crippen LogP contribution is -2.62. The second kappa shape index (κ2) is 4.17. The molecule has 0 amide bonds. The maximum atomic E-state index is 9.66. The smallest absolute Gasteiger partial charge is 0.0693 e. The van der Waals surface area contributed by atoms with E-state index in [0.29, 0.717) is 18.1 Å². The number of rotatable bonds is 3. The summed E-state index contributed by atoms with van der Waals surface area (Å²) in [5.41, 5.74) is 0. The van der Waals surface area contributed by atoms with Crippen molar-refractivity contribution in [2.45, 2.75) is 57.3 Å². The minimum absolute atomic E-state index is 0.0944. The highest BCUT2D eigenvalue weighted by molar-refractivity contribution is 4.93. The molecule has 2 fully saturated rings. The van der Waals surface area contributed by atoms with E-state index in [2.05, 4.69) is 24.1 Å². The summed E-state index contributed by atoms with van der Waals surface area (Å²) in [4.78, 5) is 2.46. The number of hydrogen-bond donors (Lipinski definition) is 2. The van der Waals surface area contributed by atoms with Gasteiger partial charge in [-0.25, -0.2) is 0 Å². The molecular weight excluding hydrogens is 176 g/mol. The van der Waals surface area contributed by atoms with Crippen LogP contribution in [-0.2, 0) is 0 Å². The van der Waals surface area contributed by atoms with Gasteiger partial charge in [0, 0.05) is 31.2 Å². The molecule has 0 bridgehead atoms. The van der Waals surface area contributed by atoms with Crippen LogP contribution in [0.4, 0.5) is 0 Å². The Labute approximate surface area is 86.5 Å². The molecule has 14 heavy (non-hydrogen) atoms. The second-order valence-corrected chi connectivity index (χ2v) is 5.02. The van der Waals surface area contributed by atoms with Gasteiger partial charge in [0.25, 0.3) is 0 Å². The van der Waals surface area contributed by atoms with E-state index in [1.165, 1.54) is 6.42 Å². The van der Waals surface area contributed by atoms with Crippen molar-refractivity contribution in [1.29, 1.82) is 0 Å². The fourth-order valence-corrected chi connectivity index (χ4v) is 2.48. The summed E-state index contributed by atoms with van der Waals surface area (Å²) in [6.45, 7) is 6.78. The quantitative estimate of drug-likeness (QED) is 0.696. The minimum atomic E-state index is -0.0944. The van der Waals surface area contributed by atoms with Gasteiger partial charge < -0.3 is 10.4 Å². The second-order valence-electron chi connectivity index (χ2n) is 5.02. The van der Waals surface area contributed by atoms with Crippen molar-refractivity contribution in [1.82, 2.24) is 10.2 Å². The highest BCUT2D eigenvalue weighted by Gasteiger charge is 2.33. The Hall–Kier alpha value is -0.120. The van der Waals surface area contributed by atoms with Gasteiger partial charge in [0.15, 0.2) is 0 Å². The molecule has 1 aliphatic carbocycles. The lowest BCUT2D eigenvalue weighted by molar-refractivity contribution is 0.0661. The molecule has 2 atom stereocenters. The summed E-state index contributed by atoms with van der Waals surface area (Å²) in [5, 5.41) is 13.2. The number of nitrogens with zero attached hydrogens (tertiary/aromatic N) is 1. The van der Waals surface area contributed by atoms with E-state index in [9.17, 15) is 5.11 Å². The number of hydrogen-bond acceptors (Lipinski definition) is 3. The summed E-state index contributed by atoms with van der Waals surface area (Å²) >= 11 is 0.